The molecule has 35 heavy (non-hydrogen) atoms. The molecule has 1 aromatic carbocycles. The van der Waals surface area contributed by atoms with Crippen molar-refractivity contribution in [2.45, 2.75) is 51.9 Å². The fourth-order valence-electron chi connectivity index (χ4n) is 4.36. The zero-order valence-corrected chi connectivity index (χ0v) is 21.7. The van der Waals surface area contributed by atoms with Crippen molar-refractivity contribution in [1.82, 2.24) is 28.8 Å². The summed E-state index contributed by atoms with van der Waals surface area (Å²) in [5.74, 6) is 1.30. The van der Waals surface area contributed by atoms with Gasteiger partial charge in [-0.1, -0.05) is 20.8 Å². The minimum absolute atomic E-state index is 0.0896. The van der Waals surface area contributed by atoms with E-state index in [4.69, 9.17) is 4.74 Å². The Morgan fingerprint density at radius 1 is 1.09 bits per heavy atom. The first-order valence-corrected chi connectivity index (χ1v) is 13.7. The van der Waals surface area contributed by atoms with Crippen LogP contribution in [0.25, 0.3) is 16.9 Å². The largest absolute Gasteiger partial charge is 0.492 e. The molecule has 0 aliphatic carbocycles. The monoisotopic (exact) mass is 502 g/mol. The number of nitrogens with one attached hydrogen (secondary N) is 1. The highest BCUT2D eigenvalue weighted by Crippen LogP contribution is 2.31. The molecule has 11 heteroatoms. The smallest absolute Gasteiger partial charge is 0.277 e. The predicted molar refractivity (Wildman–Crippen MR) is 134 cm³/mol. The molecule has 0 bridgehead atoms. The second-order valence-electron chi connectivity index (χ2n) is 8.77. The third kappa shape index (κ3) is 4.98. The summed E-state index contributed by atoms with van der Waals surface area (Å²) in [4.78, 5) is 22.5. The van der Waals surface area contributed by atoms with Crippen LogP contribution in [-0.4, -0.2) is 76.5 Å². The fourth-order valence-corrected chi connectivity index (χ4v) is 5.94. The zero-order chi connectivity index (χ0) is 25.2. The number of aromatic nitrogens is 4. The Labute approximate surface area is 206 Å². The average Bonchev–Trinajstić information content (AvgIpc) is 3.18. The molecule has 0 atom stereocenters. The van der Waals surface area contributed by atoms with Crippen molar-refractivity contribution in [2.75, 3.05) is 39.3 Å². The summed E-state index contributed by atoms with van der Waals surface area (Å²) in [5, 5.41) is 4.64. The van der Waals surface area contributed by atoms with E-state index in [9.17, 15) is 13.2 Å². The van der Waals surface area contributed by atoms with Gasteiger partial charge in [0.05, 0.1) is 12.3 Å². The summed E-state index contributed by atoms with van der Waals surface area (Å²) >= 11 is 0. The molecule has 1 N–H and O–H groups in total. The Balaban J connectivity index is 1.80. The van der Waals surface area contributed by atoms with Crippen molar-refractivity contribution in [3.63, 3.8) is 0 Å². The van der Waals surface area contributed by atoms with Crippen molar-refractivity contribution in [2.24, 2.45) is 0 Å². The van der Waals surface area contributed by atoms with Gasteiger partial charge in [0.2, 0.25) is 10.0 Å². The number of fused-ring (bicyclic) bond motifs is 1. The van der Waals surface area contributed by atoms with Crippen LogP contribution in [0, 0.1) is 6.92 Å². The first-order valence-electron chi connectivity index (χ1n) is 12.3. The Hall–Kier alpha value is -2.76. The molecule has 4 rings (SSSR count). The lowest BCUT2D eigenvalue weighted by atomic mass is 10.2. The van der Waals surface area contributed by atoms with Crippen LogP contribution in [0.3, 0.4) is 0 Å². The van der Waals surface area contributed by atoms with Crippen molar-refractivity contribution in [3.05, 3.63) is 40.1 Å². The second kappa shape index (κ2) is 10.5. The molecule has 190 valence electrons. The number of aryl methyl sites for hydroxylation is 2. The number of piperazine rings is 1. The molecule has 0 spiro atoms. The molecule has 1 saturated heterocycles. The second-order valence-corrected chi connectivity index (χ2v) is 10.7. The van der Waals surface area contributed by atoms with E-state index in [1.54, 1.807) is 29.6 Å². The molecular weight excluding hydrogens is 468 g/mol. The third-order valence-corrected chi connectivity index (χ3v) is 8.21. The number of hydrogen-bond acceptors (Lipinski definition) is 7. The molecule has 0 saturated carbocycles. The molecule has 2 aromatic heterocycles. The van der Waals surface area contributed by atoms with Gasteiger partial charge in [-0.15, -0.1) is 5.10 Å². The summed E-state index contributed by atoms with van der Waals surface area (Å²) in [7, 11) is -3.81. The number of H-pyrrole nitrogens is 1. The quantitative estimate of drug-likeness (QED) is 0.478. The Kier molecular flexibility index (Phi) is 7.58. The maximum atomic E-state index is 13.7. The zero-order valence-electron chi connectivity index (χ0n) is 20.9. The molecule has 3 aromatic rings. The molecule has 1 aliphatic rings. The van der Waals surface area contributed by atoms with Crippen molar-refractivity contribution in [3.8, 4) is 17.1 Å². The molecule has 3 heterocycles. The standard InChI is InChI=1S/C24H34N6O4S/c1-5-8-21-25-17(4)22-24(31)26-23(27-30(21)22)18-9-10-19(34-15-6-2)20(16-18)35(32,33)29-13-11-28(7-3)12-14-29/h9-10,16H,5-8,11-15H2,1-4H3,(H,26,27,31). The first-order chi connectivity index (χ1) is 16.8. The minimum atomic E-state index is -3.81. The number of ether oxygens (including phenoxy) is 1. The summed E-state index contributed by atoms with van der Waals surface area (Å²) in [6, 6.07) is 4.93. The Bertz CT molecular complexity index is 1360. The van der Waals surface area contributed by atoms with Crippen LogP contribution in [0.4, 0.5) is 0 Å². The van der Waals surface area contributed by atoms with Crippen molar-refractivity contribution < 1.29 is 13.2 Å². The van der Waals surface area contributed by atoms with Gasteiger partial charge in [0.15, 0.2) is 11.3 Å². The number of hydrogen-bond donors (Lipinski definition) is 1. The van der Waals surface area contributed by atoms with Crippen LogP contribution in [0.1, 0.15) is 45.1 Å². The van der Waals surface area contributed by atoms with E-state index < -0.39 is 10.0 Å². The third-order valence-electron chi connectivity index (χ3n) is 6.29. The molecule has 0 unspecified atom stereocenters. The number of imidazole rings is 1. The summed E-state index contributed by atoms with van der Waals surface area (Å²) in [6.07, 6.45) is 2.29. The van der Waals surface area contributed by atoms with Gasteiger partial charge in [0, 0.05) is 38.2 Å². The molecule has 10 nitrogen and oxygen atoms in total. The number of likely N-dealkylation sites (N-methyl/N-ethyl adjacent to an activating group) is 1. The van der Waals surface area contributed by atoms with Gasteiger partial charge in [0.25, 0.3) is 5.56 Å². The van der Waals surface area contributed by atoms with E-state index in [0.29, 0.717) is 67.6 Å². The number of rotatable bonds is 9. The molecule has 1 aliphatic heterocycles. The SMILES string of the molecule is CCCOc1ccc(-c2nn3c(CCC)nc(C)c3c(=O)[nH]2)cc1S(=O)(=O)N1CCN(CC)CC1. The molecule has 0 radical (unpaired) electrons. The van der Waals surface area contributed by atoms with Gasteiger partial charge >= 0.3 is 0 Å². The predicted octanol–water partition coefficient (Wildman–Crippen LogP) is 2.46. The van der Waals surface area contributed by atoms with Crippen LogP contribution in [0.2, 0.25) is 0 Å². The van der Waals surface area contributed by atoms with Gasteiger partial charge in [-0.05, 0) is 44.5 Å². The average molecular weight is 503 g/mol. The van der Waals surface area contributed by atoms with E-state index in [1.807, 2.05) is 13.8 Å². The van der Waals surface area contributed by atoms with Gasteiger partial charge in [-0.25, -0.2) is 17.9 Å². The summed E-state index contributed by atoms with van der Waals surface area (Å²) < 4.78 is 36.3. The summed E-state index contributed by atoms with van der Waals surface area (Å²) in [6.45, 7) is 11.4. The van der Waals surface area contributed by atoms with Gasteiger partial charge < -0.3 is 14.6 Å². The normalized spacial score (nSPS) is 15.7. The highest BCUT2D eigenvalue weighted by molar-refractivity contribution is 7.89. The number of benzene rings is 1. The molecule has 0 amide bonds. The molecule has 1 fully saturated rings. The highest BCUT2D eigenvalue weighted by atomic mass is 32.2. The Morgan fingerprint density at radius 3 is 2.49 bits per heavy atom. The van der Waals surface area contributed by atoms with E-state index in [1.165, 1.54) is 4.31 Å². The van der Waals surface area contributed by atoms with Gasteiger partial charge in [-0.2, -0.15) is 4.31 Å². The van der Waals surface area contributed by atoms with E-state index >= 15 is 0 Å². The maximum absolute atomic E-state index is 13.7. The van der Waals surface area contributed by atoms with E-state index in [-0.39, 0.29) is 16.3 Å². The van der Waals surface area contributed by atoms with Gasteiger partial charge in [-0.3, -0.25) is 4.79 Å². The highest BCUT2D eigenvalue weighted by Gasteiger charge is 2.31. The Morgan fingerprint density at radius 2 is 1.83 bits per heavy atom. The summed E-state index contributed by atoms with van der Waals surface area (Å²) in [5.41, 5.74) is 1.20. The number of nitrogens with zero attached hydrogens (tertiary/aromatic N) is 5. The maximum Gasteiger partial charge on any atom is 0.277 e. The minimum Gasteiger partial charge on any atom is -0.492 e. The van der Waals surface area contributed by atoms with Crippen molar-refractivity contribution in [1.29, 1.82) is 0 Å². The van der Waals surface area contributed by atoms with Crippen molar-refractivity contribution >= 4 is 15.5 Å². The van der Waals surface area contributed by atoms with Crippen LogP contribution in [-0.2, 0) is 16.4 Å². The number of aromatic amines is 1. The topological polar surface area (TPSA) is 113 Å². The van der Waals surface area contributed by atoms with Crippen LogP contribution >= 0.6 is 0 Å². The first kappa shape index (κ1) is 25.3. The fraction of sp³-hybridized carbons (Fsp3) is 0.542. The van der Waals surface area contributed by atoms with Gasteiger partial charge in [0.1, 0.15) is 16.5 Å². The lowest BCUT2D eigenvalue weighted by molar-refractivity contribution is 0.196. The van der Waals surface area contributed by atoms with E-state index in [2.05, 4.69) is 26.9 Å². The van der Waals surface area contributed by atoms with Crippen LogP contribution in [0.15, 0.2) is 27.9 Å². The lowest BCUT2D eigenvalue weighted by Gasteiger charge is -2.33. The van der Waals surface area contributed by atoms with Crippen LogP contribution in [0.5, 0.6) is 5.75 Å². The number of sulfonamides is 1. The van der Waals surface area contributed by atoms with E-state index in [0.717, 1.165) is 19.4 Å². The van der Waals surface area contributed by atoms with Crippen LogP contribution < -0.4 is 10.3 Å². The lowest BCUT2D eigenvalue weighted by Crippen LogP contribution is -2.48. The molecular formula is C24H34N6O4S.